The molecule has 25 heteroatoms. The number of non-ortho nitro benzene ring substituents is 2. The van der Waals surface area contributed by atoms with Crippen molar-refractivity contribution in [2.24, 2.45) is 0 Å². The van der Waals surface area contributed by atoms with Crippen LogP contribution in [0.4, 0.5) is 81.6 Å². The van der Waals surface area contributed by atoms with Crippen LogP contribution < -0.4 is 0 Å². The van der Waals surface area contributed by atoms with Crippen molar-refractivity contribution < 1.29 is 84.8 Å². The number of halogens is 18. The van der Waals surface area contributed by atoms with Gasteiger partial charge in [-0.25, -0.2) is 0 Å². The van der Waals surface area contributed by atoms with E-state index in [4.69, 9.17) is 23.2 Å². The average Bonchev–Trinajstić information content (AvgIpc) is 2.91. The molecular formula is C22H10Cl2F16N2O5. The average molecular weight is 757 g/mol. The number of rotatable bonds is 14. The van der Waals surface area contributed by atoms with E-state index in [2.05, 4.69) is 4.74 Å². The van der Waals surface area contributed by atoms with E-state index < -0.39 is 103 Å². The summed E-state index contributed by atoms with van der Waals surface area (Å²) >= 11 is 10.3. The molecule has 0 bridgehead atoms. The summed E-state index contributed by atoms with van der Waals surface area (Å²) in [6, 6.07) is -0.776. The van der Waals surface area contributed by atoms with E-state index in [-0.39, 0.29) is 36.4 Å². The summed E-state index contributed by atoms with van der Waals surface area (Å²) in [5.74, 6) is -55.8. The largest absolute Gasteiger partial charge is 0.382 e. The molecule has 0 atom stereocenters. The minimum Gasteiger partial charge on any atom is -0.368 e. The summed E-state index contributed by atoms with van der Waals surface area (Å²) in [6.45, 7) is -7.25. The first-order valence-corrected chi connectivity index (χ1v) is 12.1. The second-order valence-electron chi connectivity index (χ2n) is 9.19. The maximum absolute atomic E-state index is 14.4. The van der Waals surface area contributed by atoms with Gasteiger partial charge in [0.15, 0.2) is 0 Å². The molecular weight excluding hydrogens is 747 g/mol. The number of nitrogens with zero attached hydrogens (tertiary/aromatic N) is 2. The summed E-state index contributed by atoms with van der Waals surface area (Å²) in [4.78, 5) is 18.6. The van der Waals surface area contributed by atoms with Gasteiger partial charge in [0.1, 0.15) is 13.2 Å². The molecule has 47 heavy (non-hydrogen) atoms. The minimum absolute atomic E-state index is 0.0156. The van der Waals surface area contributed by atoms with Gasteiger partial charge in [-0.2, -0.15) is 70.2 Å². The topological polar surface area (TPSA) is 95.5 Å². The Morgan fingerprint density at radius 2 is 0.809 bits per heavy atom. The van der Waals surface area contributed by atoms with Crippen LogP contribution in [0.25, 0.3) is 0 Å². The molecule has 0 unspecified atom stereocenters. The number of benzene rings is 2. The zero-order valence-corrected chi connectivity index (χ0v) is 23.1. The van der Waals surface area contributed by atoms with Crippen LogP contribution in [0.5, 0.6) is 0 Å². The zero-order chi connectivity index (χ0) is 37.0. The summed E-state index contributed by atoms with van der Waals surface area (Å²) in [5, 5.41) is 17.8. The number of ether oxygens (including phenoxy) is 1. The summed E-state index contributed by atoms with van der Waals surface area (Å²) in [7, 11) is 0. The Hall–Kier alpha value is -3.34. The Bertz CT molecular complexity index is 1430. The van der Waals surface area contributed by atoms with Gasteiger partial charge in [0.25, 0.3) is 11.4 Å². The first-order chi connectivity index (χ1) is 20.8. The summed E-state index contributed by atoms with van der Waals surface area (Å²) in [6.07, 6.45) is 0. The quantitative estimate of drug-likeness (QED) is 0.109. The van der Waals surface area contributed by atoms with Crippen molar-refractivity contribution in [3.8, 4) is 0 Å². The molecule has 0 saturated heterocycles. The lowest BCUT2D eigenvalue weighted by Gasteiger charge is -2.38. The highest BCUT2D eigenvalue weighted by Crippen LogP contribution is 2.59. The Morgan fingerprint density at radius 1 is 0.532 bits per heavy atom. The molecule has 0 amide bonds. The number of nitro benzene ring substituents is 2. The van der Waals surface area contributed by atoms with E-state index in [0.717, 1.165) is 0 Å². The lowest BCUT2D eigenvalue weighted by Crippen LogP contribution is -2.64. The van der Waals surface area contributed by atoms with E-state index in [9.17, 15) is 90.5 Å². The molecule has 0 heterocycles. The van der Waals surface area contributed by atoms with Crippen molar-refractivity contribution in [3.05, 3.63) is 77.8 Å². The molecule has 2 aromatic carbocycles. The van der Waals surface area contributed by atoms with Crippen LogP contribution in [0, 0.1) is 20.2 Å². The maximum Gasteiger partial charge on any atom is 0.382 e. The second kappa shape index (κ2) is 12.3. The molecule has 0 saturated carbocycles. The minimum atomic E-state index is -7.39. The third kappa shape index (κ3) is 6.44. The fraction of sp³-hybridized carbons (Fsp3) is 0.455. The van der Waals surface area contributed by atoms with Crippen molar-refractivity contribution in [3.63, 3.8) is 0 Å². The monoisotopic (exact) mass is 756 g/mol. The van der Waals surface area contributed by atoms with Crippen molar-refractivity contribution in [2.75, 3.05) is 13.2 Å². The van der Waals surface area contributed by atoms with Crippen LogP contribution in [0.3, 0.4) is 0 Å². The van der Waals surface area contributed by atoms with Gasteiger partial charge >= 0.3 is 47.4 Å². The van der Waals surface area contributed by atoms with Crippen LogP contribution in [-0.4, -0.2) is 58.6 Å². The third-order valence-electron chi connectivity index (χ3n) is 6.07. The molecule has 2 rings (SSSR count). The van der Waals surface area contributed by atoms with Gasteiger partial charge in [-0.1, -0.05) is 23.2 Å². The van der Waals surface area contributed by atoms with Crippen molar-refractivity contribution in [2.45, 2.75) is 47.4 Å². The Labute approximate surface area is 258 Å². The van der Waals surface area contributed by atoms with Crippen LogP contribution in [0.1, 0.15) is 11.1 Å². The molecule has 0 aliphatic heterocycles. The van der Waals surface area contributed by atoms with Gasteiger partial charge in [-0.15, -0.1) is 0 Å². The van der Waals surface area contributed by atoms with Crippen LogP contribution in [-0.2, 0) is 16.6 Å². The zero-order valence-electron chi connectivity index (χ0n) is 21.6. The maximum atomic E-state index is 14.4. The van der Waals surface area contributed by atoms with E-state index in [1.54, 1.807) is 0 Å². The fourth-order valence-corrected chi connectivity index (χ4v) is 4.01. The second-order valence-corrected chi connectivity index (χ2v) is 10.0. The standard InChI is InChI=1S/C22H10Cl2F16N2O5/c23-13-5-9(41(43)44)1-3-11(13)17(29,30)21(37,38)19(33,34)15(25,26)7-47-8-16(27,28)20(35,36)22(39,40)18(31,32)12-4-2-10(42(45)46)6-14(12)24/h1-6H,7-8H2. The number of hydrogen-bond acceptors (Lipinski definition) is 5. The summed E-state index contributed by atoms with van der Waals surface area (Å²) in [5.41, 5.74) is -7.12. The van der Waals surface area contributed by atoms with Crippen molar-refractivity contribution >= 4 is 34.6 Å². The molecule has 0 aliphatic carbocycles. The third-order valence-corrected chi connectivity index (χ3v) is 6.69. The molecule has 7 nitrogen and oxygen atoms in total. The first-order valence-electron chi connectivity index (χ1n) is 11.3. The van der Waals surface area contributed by atoms with E-state index >= 15 is 0 Å². The molecule has 0 aromatic heterocycles. The molecule has 0 spiro atoms. The molecule has 0 fully saturated rings. The predicted octanol–water partition coefficient (Wildman–Crippen LogP) is 9.52. The molecule has 264 valence electrons. The van der Waals surface area contributed by atoms with Gasteiger partial charge in [-0.05, 0) is 12.1 Å². The Kier molecular flexibility index (Phi) is 10.4. The van der Waals surface area contributed by atoms with Gasteiger partial charge < -0.3 is 4.74 Å². The van der Waals surface area contributed by atoms with Gasteiger partial charge in [0, 0.05) is 35.4 Å². The first kappa shape index (κ1) is 39.8. The fourth-order valence-electron chi connectivity index (χ4n) is 3.43. The highest BCUT2D eigenvalue weighted by atomic mass is 35.5. The molecule has 2 aromatic rings. The Balaban J connectivity index is 2.36. The van der Waals surface area contributed by atoms with Gasteiger partial charge in [-0.3, -0.25) is 20.2 Å². The van der Waals surface area contributed by atoms with Gasteiger partial charge in [0.05, 0.1) is 19.9 Å². The van der Waals surface area contributed by atoms with Crippen LogP contribution in [0.2, 0.25) is 10.0 Å². The lowest BCUT2D eigenvalue weighted by atomic mass is 9.93. The molecule has 0 N–H and O–H groups in total. The Morgan fingerprint density at radius 3 is 1.04 bits per heavy atom. The highest BCUT2D eigenvalue weighted by Gasteiger charge is 2.83. The molecule has 0 radical (unpaired) electrons. The summed E-state index contributed by atoms with van der Waals surface area (Å²) < 4.78 is 231. The van der Waals surface area contributed by atoms with E-state index in [0.29, 0.717) is 0 Å². The van der Waals surface area contributed by atoms with Gasteiger partial charge in [0.2, 0.25) is 0 Å². The van der Waals surface area contributed by atoms with Crippen molar-refractivity contribution in [1.82, 2.24) is 0 Å². The lowest BCUT2D eigenvalue weighted by molar-refractivity contribution is -0.387. The number of hydrogen-bond donors (Lipinski definition) is 0. The number of alkyl halides is 16. The predicted molar refractivity (Wildman–Crippen MR) is 125 cm³/mol. The van der Waals surface area contributed by atoms with Crippen molar-refractivity contribution in [1.29, 1.82) is 0 Å². The number of nitro groups is 2. The van der Waals surface area contributed by atoms with Crippen LogP contribution >= 0.6 is 23.2 Å². The highest BCUT2D eigenvalue weighted by molar-refractivity contribution is 6.32. The van der Waals surface area contributed by atoms with E-state index in [1.165, 1.54) is 0 Å². The smallest absolute Gasteiger partial charge is 0.368 e. The van der Waals surface area contributed by atoms with E-state index in [1.807, 2.05) is 0 Å². The molecule has 0 aliphatic rings. The SMILES string of the molecule is O=[N+]([O-])c1ccc(C(F)(F)C(F)(F)C(F)(F)C(F)(F)COCC(F)(F)C(F)(F)C(F)(F)C(F)(F)c2ccc([N+](=O)[O-])cc2Cl)c(Cl)c1. The normalized spacial score (nSPS) is 14.3. The van der Waals surface area contributed by atoms with Crippen LogP contribution in [0.15, 0.2) is 36.4 Å².